The molecule has 2 aromatic rings. The van der Waals surface area contributed by atoms with Crippen molar-refractivity contribution in [3.05, 3.63) is 69.2 Å². The molecule has 1 aliphatic heterocycles. The van der Waals surface area contributed by atoms with Crippen LogP contribution in [-0.4, -0.2) is 23.9 Å². The van der Waals surface area contributed by atoms with Crippen LogP contribution < -0.4 is 0 Å². The van der Waals surface area contributed by atoms with E-state index in [1.165, 1.54) is 12.0 Å². The fourth-order valence-electron chi connectivity index (χ4n) is 3.32. The second kappa shape index (κ2) is 14.1. The van der Waals surface area contributed by atoms with Crippen LogP contribution in [0, 0.1) is 30.1 Å². The lowest BCUT2D eigenvalue weighted by atomic mass is 9.91. The molecule has 1 saturated heterocycles. The first-order valence-electron chi connectivity index (χ1n) is 10.9. The molecule has 0 saturated carbocycles. The van der Waals surface area contributed by atoms with Crippen LogP contribution in [0.15, 0.2) is 42.5 Å². The van der Waals surface area contributed by atoms with E-state index < -0.39 is 0 Å². The summed E-state index contributed by atoms with van der Waals surface area (Å²) >= 11 is 11.5. The van der Waals surface area contributed by atoms with E-state index in [0.29, 0.717) is 28.3 Å². The largest absolute Gasteiger partial charge is 0.343 e. The van der Waals surface area contributed by atoms with Gasteiger partial charge >= 0.3 is 0 Å². The molecule has 0 aliphatic carbocycles. The first-order chi connectivity index (χ1) is 14.8. The Morgan fingerprint density at radius 1 is 1.13 bits per heavy atom. The van der Waals surface area contributed by atoms with Gasteiger partial charge in [-0.25, -0.2) is 0 Å². The molecule has 3 nitrogen and oxygen atoms in total. The lowest BCUT2D eigenvalue weighted by Gasteiger charge is -2.17. The van der Waals surface area contributed by atoms with Crippen molar-refractivity contribution in [2.24, 2.45) is 11.8 Å². The van der Waals surface area contributed by atoms with Crippen LogP contribution in [0.2, 0.25) is 10.0 Å². The van der Waals surface area contributed by atoms with Crippen LogP contribution in [0.3, 0.4) is 0 Å². The number of hydrogen-bond acceptors (Lipinski definition) is 2. The van der Waals surface area contributed by atoms with Crippen LogP contribution in [-0.2, 0) is 11.2 Å². The maximum Gasteiger partial charge on any atom is 0.222 e. The highest BCUT2D eigenvalue weighted by Gasteiger charge is 2.30. The van der Waals surface area contributed by atoms with Crippen molar-refractivity contribution in [2.75, 3.05) is 13.1 Å². The summed E-state index contributed by atoms with van der Waals surface area (Å²) in [7, 11) is 0. The van der Waals surface area contributed by atoms with Gasteiger partial charge in [0.1, 0.15) is 6.07 Å². The normalized spacial score (nSPS) is 15.9. The highest BCUT2D eigenvalue weighted by molar-refractivity contribution is 6.31. The highest BCUT2D eigenvalue weighted by atomic mass is 35.5. The second-order valence-electron chi connectivity index (χ2n) is 7.82. The lowest BCUT2D eigenvalue weighted by Crippen LogP contribution is -2.25. The average Bonchev–Trinajstić information content (AvgIpc) is 3.15. The predicted octanol–water partition coefficient (Wildman–Crippen LogP) is 7.32. The van der Waals surface area contributed by atoms with E-state index in [0.717, 1.165) is 36.5 Å². The molecule has 2 atom stereocenters. The zero-order chi connectivity index (χ0) is 23.4. The molecule has 5 heteroatoms. The fourth-order valence-corrected chi connectivity index (χ4v) is 3.87. The first kappa shape index (κ1) is 27.0. The topological polar surface area (TPSA) is 44.1 Å². The van der Waals surface area contributed by atoms with E-state index in [-0.39, 0.29) is 0 Å². The molecule has 0 N–H and O–H groups in total. The number of halogens is 2. The van der Waals surface area contributed by atoms with Crippen molar-refractivity contribution in [3.8, 4) is 6.07 Å². The van der Waals surface area contributed by atoms with Crippen LogP contribution in [0.5, 0.6) is 0 Å². The van der Waals surface area contributed by atoms with Gasteiger partial charge in [0.25, 0.3) is 0 Å². The summed E-state index contributed by atoms with van der Waals surface area (Å²) in [5.41, 5.74) is 2.83. The van der Waals surface area contributed by atoms with Crippen molar-refractivity contribution < 1.29 is 4.79 Å². The van der Waals surface area contributed by atoms with Gasteiger partial charge in [0, 0.05) is 24.5 Å². The van der Waals surface area contributed by atoms with Crippen molar-refractivity contribution in [1.29, 1.82) is 5.26 Å². The molecule has 0 radical (unpaired) electrons. The summed E-state index contributed by atoms with van der Waals surface area (Å²) in [5.74, 6) is 1.66. The molecule has 31 heavy (non-hydrogen) atoms. The number of benzene rings is 2. The third kappa shape index (κ3) is 8.93. The van der Waals surface area contributed by atoms with Crippen molar-refractivity contribution in [2.45, 2.75) is 53.9 Å². The summed E-state index contributed by atoms with van der Waals surface area (Å²) in [6.45, 7) is 12.4. The third-order valence-electron chi connectivity index (χ3n) is 5.66. The monoisotopic (exact) mass is 460 g/mol. The molecule has 1 aliphatic rings. The number of rotatable bonds is 4. The molecule has 3 rings (SSSR count). The van der Waals surface area contributed by atoms with Gasteiger partial charge in [0.15, 0.2) is 0 Å². The van der Waals surface area contributed by atoms with Crippen LogP contribution in [0.25, 0.3) is 0 Å². The van der Waals surface area contributed by atoms with E-state index in [2.05, 4.69) is 27.7 Å². The predicted molar refractivity (Wildman–Crippen MR) is 132 cm³/mol. The number of carbonyl (C=O) groups is 1. The summed E-state index contributed by atoms with van der Waals surface area (Å²) in [4.78, 5) is 13.3. The zero-order valence-corrected chi connectivity index (χ0v) is 20.8. The maximum atomic E-state index is 11.4. The minimum Gasteiger partial charge on any atom is -0.343 e. The molecule has 1 amide bonds. The molecule has 0 spiro atoms. The lowest BCUT2D eigenvalue weighted by molar-refractivity contribution is -0.127. The zero-order valence-electron chi connectivity index (χ0n) is 19.3. The van der Waals surface area contributed by atoms with Crippen LogP contribution in [0.1, 0.15) is 57.2 Å². The summed E-state index contributed by atoms with van der Waals surface area (Å²) in [5, 5.41) is 9.88. The number of amides is 1. The average molecular weight is 461 g/mol. The summed E-state index contributed by atoms with van der Waals surface area (Å²) in [6, 6.07) is 15.3. The molecule has 2 aromatic carbocycles. The second-order valence-corrected chi connectivity index (χ2v) is 8.64. The van der Waals surface area contributed by atoms with Gasteiger partial charge in [-0.15, -0.1) is 0 Å². The van der Waals surface area contributed by atoms with E-state index in [4.69, 9.17) is 28.5 Å². The molecule has 0 bridgehead atoms. The Morgan fingerprint density at radius 3 is 2.26 bits per heavy atom. The molecule has 1 heterocycles. The number of nitriles is 1. The smallest absolute Gasteiger partial charge is 0.222 e. The van der Waals surface area contributed by atoms with Gasteiger partial charge in [0.2, 0.25) is 5.91 Å². The standard InChI is InChI=1S/C10H19NO.C8H6ClN.C8H9Cl/c1-4-8(3)9-6-10(12)11(5-2)7-9;1-6-2-3-7(5-10)8(9)4-6;1-2-7-5-3-4-6-8(7)9/h8-9H,4-7H2,1-3H3;2-4H,1H3;3-6H,2H2,1H3. The number of likely N-dealkylation sites (tertiary alicyclic amines) is 1. The van der Waals surface area contributed by atoms with Gasteiger partial charge in [-0.05, 0) is 61.4 Å². The molecular formula is C26H34Cl2N2O. The van der Waals surface area contributed by atoms with Crippen LogP contribution >= 0.6 is 23.2 Å². The molecule has 1 fully saturated rings. The van der Waals surface area contributed by atoms with Crippen LogP contribution in [0.4, 0.5) is 0 Å². The highest BCUT2D eigenvalue weighted by Crippen LogP contribution is 2.26. The molecule has 0 aromatic heterocycles. The number of nitrogens with zero attached hydrogens (tertiary/aromatic N) is 2. The quantitative estimate of drug-likeness (QED) is 0.479. The number of hydrogen-bond donors (Lipinski definition) is 0. The van der Waals surface area contributed by atoms with E-state index >= 15 is 0 Å². The Balaban J connectivity index is 0.000000235. The molecule has 168 valence electrons. The fraction of sp³-hybridized carbons (Fsp3) is 0.462. The van der Waals surface area contributed by atoms with Gasteiger partial charge in [-0.2, -0.15) is 5.26 Å². The number of carbonyl (C=O) groups excluding carboxylic acids is 1. The van der Waals surface area contributed by atoms with Gasteiger partial charge in [-0.3, -0.25) is 4.79 Å². The van der Waals surface area contributed by atoms with Gasteiger partial charge < -0.3 is 4.90 Å². The minimum absolute atomic E-state index is 0.350. The van der Waals surface area contributed by atoms with Crippen molar-refractivity contribution in [1.82, 2.24) is 4.90 Å². The third-order valence-corrected chi connectivity index (χ3v) is 6.34. The van der Waals surface area contributed by atoms with E-state index in [1.807, 2.05) is 48.2 Å². The van der Waals surface area contributed by atoms with Crippen molar-refractivity contribution in [3.63, 3.8) is 0 Å². The molecular weight excluding hydrogens is 427 g/mol. The maximum absolute atomic E-state index is 11.4. The van der Waals surface area contributed by atoms with Crippen molar-refractivity contribution >= 4 is 29.1 Å². The Morgan fingerprint density at radius 2 is 1.81 bits per heavy atom. The summed E-state index contributed by atoms with van der Waals surface area (Å²) in [6.07, 6.45) is 2.98. The van der Waals surface area contributed by atoms with Gasteiger partial charge in [-0.1, -0.05) is 74.7 Å². The Kier molecular flexibility index (Phi) is 12.3. The number of aryl methyl sites for hydroxylation is 2. The Labute approximate surface area is 198 Å². The molecule has 2 unspecified atom stereocenters. The Bertz CT molecular complexity index is 876. The van der Waals surface area contributed by atoms with Gasteiger partial charge in [0.05, 0.1) is 10.6 Å². The minimum atomic E-state index is 0.350. The first-order valence-corrected chi connectivity index (χ1v) is 11.7. The Hall–Kier alpha value is -2.02. The SMILES string of the molecule is CCC(C)C1CC(=O)N(CC)C1.CCc1ccccc1Cl.Cc1ccc(C#N)c(Cl)c1. The van der Waals surface area contributed by atoms with E-state index in [1.54, 1.807) is 12.1 Å². The van der Waals surface area contributed by atoms with E-state index in [9.17, 15) is 4.79 Å². The summed E-state index contributed by atoms with van der Waals surface area (Å²) < 4.78 is 0.